The molecule has 0 saturated heterocycles. The molecule has 0 fully saturated rings. The van der Waals surface area contributed by atoms with Crippen LogP contribution in [0.25, 0.3) is 11.5 Å². The number of nitrogens with two attached hydrogens (primary N) is 1. The van der Waals surface area contributed by atoms with Crippen molar-refractivity contribution in [3.8, 4) is 11.5 Å². The van der Waals surface area contributed by atoms with Crippen LogP contribution >= 0.6 is 11.3 Å². The summed E-state index contributed by atoms with van der Waals surface area (Å²) in [5, 5.41) is 12.7. The Kier molecular flexibility index (Phi) is 4.68. The number of aromatic nitrogens is 2. The SMILES string of the molecule is c1ccc(-c2nnc(C[NH2+][C@H](c3ccccc3)c3cccs3)o2)cc1. The Bertz CT molecular complexity index is 905. The number of thiophene rings is 1. The summed E-state index contributed by atoms with van der Waals surface area (Å²) in [7, 11) is 0. The Morgan fingerprint density at radius 2 is 1.64 bits per heavy atom. The van der Waals surface area contributed by atoms with Gasteiger partial charge in [-0.25, -0.2) is 0 Å². The summed E-state index contributed by atoms with van der Waals surface area (Å²) >= 11 is 1.77. The van der Waals surface area contributed by atoms with Crippen LogP contribution in [0.15, 0.2) is 82.6 Å². The molecule has 2 aromatic heterocycles. The summed E-state index contributed by atoms with van der Waals surface area (Å²) in [6, 6.07) is 24.8. The van der Waals surface area contributed by atoms with Gasteiger partial charge in [0.2, 0.25) is 5.89 Å². The van der Waals surface area contributed by atoms with Crippen LogP contribution in [-0.2, 0) is 6.54 Å². The molecule has 2 heterocycles. The molecule has 124 valence electrons. The normalized spacial score (nSPS) is 12.2. The van der Waals surface area contributed by atoms with E-state index in [4.69, 9.17) is 4.42 Å². The van der Waals surface area contributed by atoms with Gasteiger partial charge in [-0.3, -0.25) is 0 Å². The molecule has 5 heteroatoms. The monoisotopic (exact) mass is 348 g/mol. The summed E-state index contributed by atoms with van der Waals surface area (Å²) in [5.41, 5.74) is 2.21. The largest absolute Gasteiger partial charge is 0.415 e. The van der Waals surface area contributed by atoms with E-state index >= 15 is 0 Å². The van der Waals surface area contributed by atoms with E-state index in [9.17, 15) is 0 Å². The molecule has 0 aliphatic carbocycles. The lowest BCUT2D eigenvalue weighted by Gasteiger charge is -2.13. The van der Waals surface area contributed by atoms with Crippen LogP contribution in [-0.4, -0.2) is 10.2 Å². The Labute approximate surface area is 150 Å². The fourth-order valence-corrected chi connectivity index (χ4v) is 3.65. The van der Waals surface area contributed by atoms with Gasteiger partial charge in [0.05, 0.1) is 4.88 Å². The number of hydrogen-bond acceptors (Lipinski definition) is 4. The molecule has 0 aliphatic rings. The maximum absolute atomic E-state index is 5.82. The first-order valence-corrected chi connectivity index (χ1v) is 9.07. The highest BCUT2D eigenvalue weighted by Gasteiger charge is 2.20. The van der Waals surface area contributed by atoms with Crippen LogP contribution < -0.4 is 5.32 Å². The summed E-state index contributed by atoms with van der Waals surface area (Å²) in [6.07, 6.45) is 0. The maximum atomic E-state index is 5.82. The Morgan fingerprint density at radius 3 is 2.36 bits per heavy atom. The van der Waals surface area contributed by atoms with Gasteiger partial charge in [-0.15, -0.1) is 21.5 Å². The first-order valence-electron chi connectivity index (χ1n) is 8.19. The molecule has 1 atom stereocenters. The van der Waals surface area contributed by atoms with Crippen molar-refractivity contribution >= 4 is 11.3 Å². The summed E-state index contributed by atoms with van der Waals surface area (Å²) in [5.74, 6) is 1.20. The lowest BCUT2D eigenvalue weighted by molar-refractivity contribution is -0.703. The molecule has 2 aromatic carbocycles. The van der Waals surface area contributed by atoms with Gasteiger partial charge in [-0.2, -0.15) is 0 Å². The van der Waals surface area contributed by atoms with Gasteiger partial charge in [0.15, 0.2) is 6.54 Å². The van der Waals surface area contributed by atoms with Crippen molar-refractivity contribution in [3.63, 3.8) is 0 Å². The van der Waals surface area contributed by atoms with E-state index < -0.39 is 0 Å². The second-order valence-electron chi connectivity index (χ2n) is 5.71. The van der Waals surface area contributed by atoms with Crippen LogP contribution in [0.4, 0.5) is 0 Å². The zero-order valence-corrected chi connectivity index (χ0v) is 14.4. The van der Waals surface area contributed by atoms with Crippen molar-refractivity contribution in [2.45, 2.75) is 12.6 Å². The summed E-state index contributed by atoms with van der Waals surface area (Å²) in [6.45, 7) is 0.636. The fraction of sp³-hybridized carbons (Fsp3) is 0.100. The van der Waals surface area contributed by atoms with E-state index in [1.165, 1.54) is 10.4 Å². The van der Waals surface area contributed by atoms with E-state index in [0.717, 1.165) is 5.56 Å². The molecule has 4 aromatic rings. The minimum atomic E-state index is 0.230. The van der Waals surface area contributed by atoms with Crippen LogP contribution in [0.2, 0.25) is 0 Å². The van der Waals surface area contributed by atoms with E-state index in [1.807, 2.05) is 36.4 Å². The van der Waals surface area contributed by atoms with Gasteiger partial charge in [-0.1, -0.05) is 54.6 Å². The van der Waals surface area contributed by atoms with Crippen LogP contribution in [0.1, 0.15) is 22.4 Å². The highest BCUT2D eigenvalue weighted by Crippen LogP contribution is 2.23. The number of benzene rings is 2. The molecule has 0 amide bonds. The Balaban J connectivity index is 1.51. The van der Waals surface area contributed by atoms with Crippen molar-refractivity contribution in [1.82, 2.24) is 10.2 Å². The molecule has 4 rings (SSSR count). The lowest BCUT2D eigenvalue weighted by Crippen LogP contribution is -2.83. The Hall–Kier alpha value is -2.76. The van der Waals surface area contributed by atoms with Crippen LogP contribution in [0.5, 0.6) is 0 Å². The topological polar surface area (TPSA) is 55.5 Å². The minimum Gasteiger partial charge on any atom is -0.415 e. The van der Waals surface area contributed by atoms with Crippen molar-refractivity contribution in [2.75, 3.05) is 0 Å². The maximum Gasteiger partial charge on any atom is 0.271 e. The van der Waals surface area contributed by atoms with Gasteiger partial charge >= 0.3 is 0 Å². The zero-order chi connectivity index (χ0) is 16.9. The quantitative estimate of drug-likeness (QED) is 0.579. The van der Waals surface area contributed by atoms with Crippen LogP contribution in [0.3, 0.4) is 0 Å². The molecule has 0 saturated carbocycles. The van der Waals surface area contributed by atoms with Crippen molar-refractivity contribution in [2.24, 2.45) is 0 Å². The molecule has 0 bridgehead atoms. The average Bonchev–Trinajstić information content (AvgIpc) is 3.36. The third kappa shape index (κ3) is 3.68. The van der Waals surface area contributed by atoms with E-state index in [0.29, 0.717) is 18.3 Å². The molecule has 0 spiro atoms. The third-order valence-corrected chi connectivity index (χ3v) is 4.98. The molecule has 2 N–H and O–H groups in total. The first-order chi connectivity index (χ1) is 12.4. The molecular formula is C20H18N3OS+. The smallest absolute Gasteiger partial charge is 0.271 e. The van der Waals surface area contributed by atoms with E-state index in [2.05, 4.69) is 57.3 Å². The van der Waals surface area contributed by atoms with Crippen molar-refractivity contribution in [1.29, 1.82) is 0 Å². The third-order valence-electron chi connectivity index (χ3n) is 4.02. The van der Waals surface area contributed by atoms with E-state index in [1.54, 1.807) is 11.3 Å². The molecule has 0 aliphatic heterocycles. The highest BCUT2D eigenvalue weighted by molar-refractivity contribution is 7.10. The standard InChI is InChI=1S/C20H17N3OS/c1-3-8-15(9-4-1)19(17-12-7-13-25-17)21-14-18-22-23-20(24-18)16-10-5-2-6-11-16/h1-13,19,21H,14H2/p+1/t19-/m1/s1. The van der Waals surface area contributed by atoms with Crippen molar-refractivity contribution < 1.29 is 9.73 Å². The van der Waals surface area contributed by atoms with E-state index in [-0.39, 0.29) is 6.04 Å². The predicted molar refractivity (Wildman–Crippen MR) is 98.0 cm³/mol. The van der Waals surface area contributed by atoms with Gasteiger partial charge in [0.25, 0.3) is 5.89 Å². The fourth-order valence-electron chi connectivity index (χ4n) is 2.80. The summed E-state index contributed by atoms with van der Waals surface area (Å²) < 4.78 is 5.82. The highest BCUT2D eigenvalue weighted by atomic mass is 32.1. The lowest BCUT2D eigenvalue weighted by atomic mass is 10.1. The molecule has 4 nitrogen and oxygen atoms in total. The zero-order valence-electron chi connectivity index (χ0n) is 13.6. The summed E-state index contributed by atoms with van der Waals surface area (Å²) in [4.78, 5) is 1.31. The number of quaternary nitrogens is 1. The first kappa shape index (κ1) is 15.7. The van der Waals surface area contributed by atoms with Gasteiger partial charge < -0.3 is 9.73 Å². The van der Waals surface area contributed by atoms with Gasteiger partial charge in [0.1, 0.15) is 6.04 Å². The Morgan fingerprint density at radius 1 is 0.880 bits per heavy atom. The van der Waals surface area contributed by atoms with Crippen molar-refractivity contribution in [3.05, 3.63) is 94.5 Å². The second-order valence-corrected chi connectivity index (χ2v) is 6.69. The van der Waals surface area contributed by atoms with Crippen LogP contribution in [0, 0.1) is 0 Å². The minimum absolute atomic E-state index is 0.230. The number of rotatable bonds is 6. The molecule has 0 unspecified atom stereocenters. The molecular weight excluding hydrogens is 330 g/mol. The average molecular weight is 348 g/mol. The van der Waals surface area contributed by atoms with Gasteiger partial charge in [-0.05, 0) is 23.6 Å². The number of nitrogens with zero attached hydrogens (tertiary/aromatic N) is 2. The molecule has 0 radical (unpaired) electrons. The number of hydrogen-bond donors (Lipinski definition) is 1. The van der Waals surface area contributed by atoms with Gasteiger partial charge in [0, 0.05) is 11.1 Å². The second kappa shape index (κ2) is 7.42. The predicted octanol–water partition coefficient (Wildman–Crippen LogP) is 3.65. The molecule has 25 heavy (non-hydrogen) atoms.